The van der Waals surface area contributed by atoms with Crippen LogP contribution in [0.3, 0.4) is 0 Å². The van der Waals surface area contributed by atoms with E-state index >= 15 is 0 Å². The van der Waals surface area contributed by atoms with Gasteiger partial charge in [-0.15, -0.1) is 0 Å². The second-order valence-electron chi connectivity index (χ2n) is 7.02. The molecule has 3 rings (SSSR count). The molecule has 0 spiro atoms. The van der Waals surface area contributed by atoms with Crippen LogP contribution < -0.4 is 10.2 Å². The van der Waals surface area contributed by atoms with Crippen LogP contribution in [-0.2, 0) is 6.18 Å². The van der Waals surface area contributed by atoms with Crippen LogP contribution in [-0.4, -0.2) is 36.2 Å². The number of nitrogens with one attached hydrogen (secondary N) is 1. The van der Waals surface area contributed by atoms with Gasteiger partial charge in [-0.25, -0.2) is 0 Å². The summed E-state index contributed by atoms with van der Waals surface area (Å²) in [5.74, 6) is -0.610. The Labute approximate surface area is 178 Å². The highest BCUT2D eigenvalue weighted by Gasteiger charge is 2.32. The topological polar surface area (TPSA) is 65.5 Å². The Hall–Kier alpha value is -3.39. The maximum Gasteiger partial charge on any atom is 0.416 e. The summed E-state index contributed by atoms with van der Waals surface area (Å²) in [6, 6.07) is 12.5. The van der Waals surface area contributed by atoms with Gasteiger partial charge in [-0.05, 0) is 42.3 Å². The van der Waals surface area contributed by atoms with E-state index in [0.29, 0.717) is 5.69 Å². The molecule has 0 fully saturated rings. The van der Waals surface area contributed by atoms with Gasteiger partial charge in [-0.3, -0.25) is 9.78 Å². The molecule has 0 aliphatic carbocycles. The number of aromatic nitrogens is 1. The molecule has 0 unspecified atom stereocenters. The van der Waals surface area contributed by atoms with Crippen LogP contribution in [0.2, 0.25) is 0 Å². The molecule has 1 aromatic heterocycles. The fourth-order valence-electron chi connectivity index (χ4n) is 3.28. The van der Waals surface area contributed by atoms with Gasteiger partial charge in [0.1, 0.15) is 0 Å². The summed E-state index contributed by atoms with van der Waals surface area (Å²) in [6.45, 7) is 1.74. The van der Waals surface area contributed by atoms with E-state index in [9.17, 15) is 18.0 Å². The van der Waals surface area contributed by atoms with Gasteiger partial charge in [0.15, 0.2) is 0 Å². The lowest BCUT2D eigenvalue weighted by Crippen LogP contribution is -2.27. The molecule has 5 nitrogen and oxygen atoms in total. The first-order valence-corrected chi connectivity index (χ1v) is 9.57. The van der Waals surface area contributed by atoms with Crippen molar-refractivity contribution in [2.24, 2.45) is 0 Å². The lowest BCUT2D eigenvalue weighted by Gasteiger charge is -2.22. The number of benzene rings is 2. The average Bonchev–Trinajstić information content (AvgIpc) is 2.76. The fourth-order valence-corrected chi connectivity index (χ4v) is 3.28. The molecule has 0 saturated heterocycles. The Bertz CT molecular complexity index is 1080. The van der Waals surface area contributed by atoms with Crippen LogP contribution in [0.15, 0.2) is 60.9 Å². The van der Waals surface area contributed by atoms with Crippen LogP contribution in [0.25, 0.3) is 11.1 Å². The van der Waals surface area contributed by atoms with Crippen LogP contribution in [0.1, 0.15) is 21.5 Å². The van der Waals surface area contributed by atoms with Gasteiger partial charge in [-0.2, -0.15) is 13.2 Å². The monoisotopic (exact) mass is 429 g/mol. The van der Waals surface area contributed by atoms with Gasteiger partial charge in [0, 0.05) is 36.6 Å². The Morgan fingerprint density at radius 3 is 2.55 bits per heavy atom. The van der Waals surface area contributed by atoms with Gasteiger partial charge in [-0.1, -0.05) is 24.3 Å². The highest BCUT2D eigenvalue weighted by Crippen LogP contribution is 2.35. The lowest BCUT2D eigenvalue weighted by molar-refractivity contribution is -0.137. The van der Waals surface area contributed by atoms with Gasteiger partial charge in [0.2, 0.25) is 0 Å². The molecule has 8 heteroatoms. The molecule has 1 amide bonds. The molecular formula is C23H22F3N3O2. The average molecular weight is 429 g/mol. The van der Waals surface area contributed by atoms with Crippen molar-refractivity contribution < 1.29 is 23.1 Å². The predicted molar refractivity (Wildman–Crippen MR) is 114 cm³/mol. The molecular weight excluding hydrogens is 407 g/mol. The number of aliphatic hydroxyl groups is 1. The second kappa shape index (κ2) is 9.18. The van der Waals surface area contributed by atoms with E-state index in [1.807, 2.05) is 31.2 Å². The molecule has 1 heterocycles. The minimum absolute atomic E-state index is 0.0603. The van der Waals surface area contributed by atoms with Crippen molar-refractivity contribution in [1.29, 1.82) is 0 Å². The van der Waals surface area contributed by atoms with Gasteiger partial charge >= 0.3 is 6.18 Å². The number of anilines is 2. The molecule has 0 aliphatic heterocycles. The van der Waals surface area contributed by atoms with E-state index in [4.69, 9.17) is 5.11 Å². The Morgan fingerprint density at radius 1 is 1.13 bits per heavy atom. The third kappa shape index (κ3) is 5.03. The summed E-state index contributed by atoms with van der Waals surface area (Å²) in [4.78, 5) is 18.6. The normalized spacial score (nSPS) is 11.3. The number of aliphatic hydroxyl groups excluding tert-OH is 1. The molecule has 0 atom stereocenters. The number of hydrogen-bond donors (Lipinski definition) is 2. The molecule has 2 N–H and O–H groups in total. The number of carbonyl (C=O) groups excluding carboxylic acids is 1. The number of rotatable bonds is 6. The summed E-state index contributed by atoms with van der Waals surface area (Å²) in [6.07, 6.45) is -1.51. The zero-order valence-corrected chi connectivity index (χ0v) is 17.1. The zero-order valence-electron chi connectivity index (χ0n) is 17.1. The van der Waals surface area contributed by atoms with Crippen LogP contribution in [0, 0.1) is 6.92 Å². The summed E-state index contributed by atoms with van der Waals surface area (Å²) in [5, 5.41) is 11.7. The largest absolute Gasteiger partial charge is 0.416 e. The number of carbonyl (C=O) groups is 1. The first-order chi connectivity index (χ1) is 14.7. The second-order valence-corrected chi connectivity index (χ2v) is 7.02. The summed E-state index contributed by atoms with van der Waals surface area (Å²) in [5.41, 5.74) is 2.14. The van der Waals surface area contributed by atoms with Crippen molar-refractivity contribution >= 4 is 17.3 Å². The van der Waals surface area contributed by atoms with Crippen LogP contribution in [0.4, 0.5) is 24.5 Å². The number of amides is 1. The minimum atomic E-state index is -4.62. The van der Waals surface area contributed by atoms with Crippen molar-refractivity contribution in [2.75, 3.05) is 30.4 Å². The number of alkyl halides is 3. The Kier molecular flexibility index (Phi) is 6.60. The van der Waals surface area contributed by atoms with Gasteiger partial charge < -0.3 is 15.3 Å². The first kappa shape index (κ1) is 22.3. The predicted octanol–water partition coefficient (Wildman–Crippen LogP) is 4.76. The van der Waals surface area contributed by atoms with E-state index in [1.165, 1.54) is 24.2 Å². The Balaban J connectivity index is 2.04. The maximum absolute atomic E-state index is 13.4. The summed E-state index contributed by atoms with van der Waals surface area (Å²) < 4.78 is 40.1. The number of nitrogens with zero attached hydrogens (tertiary/aromatic N) is 2. The van der Waals surface area contributed by atoms with Crippen molar-refractivity contribution in [3.63, 3.8) is 0 Å². The first-order valence-electron chi connectivity index (χ1n) is 9.57. The summed E-state index contributed by atoms with van der Waals surface area (Å²) in [7, 11) is 1.50. The molecule has 2 aromatic carbocycles. The highest BCUT2D eigenvalue weighted by atomic mass is 19.4. The SMILES string of the molecule is Cc1ccccc1-c1ccncc1N(C)C(=O)c1cc(NCCO)cc(C(F)(F)F)c1. The highest BCUT2D eigenvalue weighted by molar-refractivity contribution is 6.08. The van der Waals surface area contributed by atoms with E-state index in [2.05, 4.69) is 10.3 Å². The Morgan fingerprint density at radius 2 is 1.87 bits per heavy atom. The fraction of sp³-hybridized carbons (Fsp3) is 0.217. The number of hydrogen-bond acceptors (Lipinski definition) is 4. The third-order valence-corrected chi connectivity index (χ3v) is 4.85. The van der Waals surface area contributed by atoms with E-state index in [1.54, 1.807) is 12.3 Å². The molecule has 0 bridgehead atoms. The van der Waals surface area contributed by atoms with E-state index in [0.717, 1.165) is 28.8 Å². The number of halogens is 3. The molecule has 31 heavy (non-hydrogen) atoms. The van der Waals surface area contributed by atoms with E-state index < -0.39 is 17.6 Å². The smallest absolute Gasteiger partial charge is 0.395 e. The zero-order chi connectivity index (χ0) is 22.6. The van der Waals surface area contributed by atoms with Gasteiger partial charge in [0.25, 0.3) is 5.91 Å². The van der Waals surface area contributed by atoms with Crippen molar-refractivity contribution in [3.8, 4) is 11.1 Å². The molecule has 0 radical (unpaired) electrons. The lowest BCUT2D eigenvalue weighted by atomic mass is 9.99. The third-order valence-electron chi connectivity index (χ3n) is 4.85. The molecule has 0 aliphatic rings. The number of aryl methyl sites for hydroxylation is 1. The summed E-state index contributed by atoms with van der Waals surface area (Å²) >= 11 is 0. The standard InChI is InChI=1S/C23H22F3N3O2/c1-15-5-3-4-6-19(15)20-7-8-27-14-21(20)29(2)22(31)16-11-17(23(24,25)26)13-18(12-16)28-9-10-30/h3-8,11-14,28,30H,9-10H2,1-2H3. The van der Waals surface area contributed by atoms with Crippen molar-refractivity contribution in [1.82, 2.24) is 4.98 Å². The van der Waals surface area contributed by atoms with Gasteiger partial charge in [0.05, 0.1) is 24.1 Å². The van der Waals surface area contributed by atoms with Crippen molar-refractivity contribution in [2.45, 2.75) is 13.1 Å². The quantitative estimate of drug-likeness (QED) is 0.593. The van der Waals surface area contributed by atoms with Crippen molar-refractivity contribution in [3.05, 3.63) is 77.6 Å². The molecule has 0 saturated carbocycles. The minimum Gasteiger partial charge on any atom is -0.395 e. The molecule has 3 aromatic rings. The van der Waals surface area contributed by atoms with Crippen LogP contribution in [0.5, 0.6) is 0 Å². The molecule has 162 valence electrons. The maximum atomic E-state index is 13.4. The van der Waals surface area contributed by atoms with E-state index in [-0.39, 0.29) is 24.4 Å². The van der Waals surface area contributed by atoms with Crippen LogP contribution >= 0.6 is 0 Å². The number of pyridine rings is 1.